The van der Waals surface area contributed by atoms with E-state index in [1.165, 1.54) is 5.56 Å². The van der Waals surface area contributed by atoms with Crippen LogP contribution < -0.4 is 4.90 Å². The van der Waals surface area contributed by atoms with Crippen molar-refractivity contribution in [2.45, 2.75) is 13.0 Å². The Hall–Kier alpha value is -3.06. The maximum Gasteiger partial charge on any atom is 0.272 e. The van der Waals surface area contributed by atoms with Crippen molar-refractivity contribution in [1.82, 2.24) is 24.8 Å². The molecule has 29 heavy (non-hydrogen) atoms. The number of fused-ring (bicyclic) bond motifs is 1. The van der Waals surface area contributed by atoms with Crippen molar-refractivity contribution in [3.05, 3.63) is 60.0 Å². The van der Waals surface area contributed by atoms with Gasteiger partial charge in [0.2, 0.25) is 0 Å². The van der Waals surface area contributed by atoms with Gasteiger partial charge in [0.1, 0.15) is 11.5 Å². The van der Waals surface area contributed by atoms with Gasteiger partial charge in [-0.2, -0.15) is 0 Å². The largest absolute Gasteiger partial charge is 0.354 e. The smallest absolute Gasteiger partial charge is 0.272 e. The van der Waals surface area contributed by atoms with E-state index in [1.54, 1.807) is 37.5 Å². The third-order valence-corrected chi connectivity index (χ3v) is 5.52. The minimum Gasteiger partial charge on any atom is -0.354 e. The lowest BCUT2D eigenvalue weighted by Gasteiger charge is -2.38. The third kappa shape index (κ3) is 4.05. The van der Waals surface area contributed by atoms with Crippen molar-refractivity contribution in [2.75, 3.05) is 45.2 Å². The zero-order chi connectivity index (χ0) is 20.4. The highest BCUT2D eigenvalue weighted by Crippen LogP contribution is 2.25. The van der Waals surface area contributed by atoms with Crippen LogP contribution in [0.2, 0.25) is 0 Å². The average Bonchev–Trinajstić information content (AvgIpc) is 2.78. The standard InChI is InChI=1S/C22H26N6O/c1-16(17-7-8-18-20(15-17)24-10-9-23-18)27-11-13-28(14-12-27)21-6-4-5-19(25-21)22(29)26(2)3/h4-10,15-16H,11-14H2,1-3H3. The number of hydrogen-bond acceptors (Lipinski definition) is 6. The molecule has 1 atom stereocenters. The van der Waals surface area contributed by atoms with E-state index in [1.807, 2.05) is 18.2 Å². The maximum atomic E-state index is 12.2. The number of anilines is 1. The Morgan fingerprint density at radius 3 is 2.45 bits per heavy atom. The van der Waals surface area contributed by atoms with Crippen LogP contribution in [-0.4, -0.2) is 70.9 Å². The van der Waals surface area contributed by atoms with Gasteiger partial charge in [0.15, 0.2) is 0 Å². The molecule has 3 aromatic rings. The number of nitrogens with zero attached hydrogens (tertiary/aromatic N) is 6. The van der Waals surface area contributed by atoms with E-state index in [9.17, 15) is 4.79 Å². The molecule has 0 radical (unpaired) electrons. The molecule has 0 N–H and O–H groups in total. The van der Waals surface area contributed by atoms with Crippen LogP contribution in [0.5, 0.6) is 0 Å². The highest BCUT2D eigenvalue weighted by atomic mass is 16.2. The Bertz CT molecular complexity index is 1010. The second-order valence-electron chi connectivity index (χ2n) is 7.58. The fourth-order valence-corrected chi connectivity index (χ4v) is 3.74. The molecule has 1 aliphatic heterocycles. The highest BCUT2D eigenvalue weighted by Gasteiger charge is 2.23. The first-order valence-electron chi connectivity index (χ1n) is 9.91. The van der Waals surface area contributed by atoms with E-state index in [2.05, 4.69) is 43.8 Å². The number of rotatable bonds is 4. The minimum absolute atomic E-state index is 0.0708. The molecule has 4 rings (SSSR count). The number of pyridine rings is 1. The summed E-state index contributed by atoms with van der Waals surface area (Å²) >= 11 is 0. The summed E-state index contributed by atoms with van der Waals surface area (Å²) in [7, 11) is 3.49. The Morgan fingerprint density at radius 1 is 1.00 bits per heavy atom. The summed E-state index contributed by atoms with van der Waals surface area (Å²) in [5.74, 6) is 0.796. The molecule has 1 amide bonds. The van der Waals surface area contributed by atoms with E-state index >= 15 is 0 Å². The van der Waals surface area contributed by atoms with Crippen molar-refractivity contribution in [1.29, 1.82) is 0 Å². The molecule has 7 heteroatoms. The second-order valence-corrected chi connectivity index (χ2v) is 7.58. The molecule has 3 heterocycles. The Kier molecular flexibility index (Phi) is 5.40. The number of aromatic nitrogens is 3. The van der Waals surface area contributed by atoms with Gasteiger partial charge < -0.3 is 9.80 Å². The quantitative estimate of drug-likeness (QED) is 0.682. The lowest BCUT2D eigenvalue weighted by molar-refractivity contribution is 0.0822. The first-order valence-corrected chi connectivity index (χ1v) is 9.91. The number of carbonyl (C=O) groups is 1. The SMILES string of the molecule is CC(c1ccc2nccnc2c1)N1CCN(c2cccc(C(=O)N(C)C)n2)CC1. The van der Waals surface area contributed by atoms with Crippen molar-refractivity contribution in [2.24, 2.45) is 0 Å². The van der Waals surface area contributed by atoms with E-state index in [4.69, 9.17) is 0 Å². The van der Waals surface area contributed by atoms with Gasteiger partial charge in [-0.1, -0.05) is 12.1 Å². The van der Waals surface area contributed by atoms with Crippen LogP contribution >= 0.6 is 0 Å². The van der Waals surface area contributed by atoms with Crippen LogP contribution in [0.25, 0.3) is 11.0 Å². The molecule has 1 unspecified atom stereocenters. The van der Waals surface area contributed by atoms with Crippen molar-refractivity contribution in [3.8, 4) is 0 Å². The van der Waals surface area contributed by atoms with Gasteiger partial charge in [0.05, 0.1) is 11.0 Å². The van der Waals surface area contributed by atoms with Gasteiger partial charge in [-0.15, -0.1) is 0 Å². The van der Waals surface area contributed by atoms with E-state index in [0.29, 0.717) is 11.7 Å². The number of benzene rings is 1. The van der Waals surface area contributed by atoms with Gasteiger partial charge in [0.25, 0.3) is 5.91 Å². The second kappa shape index (κ2) is 8.13. The van der Waals surface area contributed by atoms with Crippen LogP contribution in [0.1, 0.15) is 29.0 Å². The van der Waals surface area contributed by atoms with Gasteiger partial charge in [0, 0.05) is 58.7 Å². The summed E-state index contributed by atoms with van der Waals surface area (Å²) in [6.45, 7) is 5.87. The van der Waals surface area contributed by atoms with Crippen molar-refractivity contribution in [3.63, 3.8) is 0 Å². The molecule has 0 saturated carbocycles. The Balaban J connectivity index is 1.43. The van der Waals surface area contributed by atoms with Gasteiger partial charge in [-0.3, -0.25) is 19.7 Å². The summed E-state index contributed by atoms with van der Waals surface area (Å²) in [5, 5.41) is 0. The average molecular weight is 390 g/mol. The monoisotopic (exact) mass is 390 g/mol. The van der Waals surface area contributed by atoms with Crippen LogP contribution in [0.3, 0.4) is 0 Å². The molecule has 2 aromatic heterocycles. The molecule has 0 bridgehead atoms. The zero-order valence-electron chi connectivity index (χ0n) is 17.1. The summed E-state index contributed by atoms with van der Waals surface area (Å²) in [6, 6.07) is 12.3. The molecule has 0 aliphatic carbocycles. The van der Waals surface area contributed by atoms with Crippen LogP contribution in [0, 0.1) is 0 Å². The van der Waals surface area contributed by atoms with Crippen molar-refractivity contribution >= 4 is 22.8 Å². The van der Waals surface area contributed by atoms with E-state index in [0.717, 1.165) is 43.0 Å². The van der Waals surface area contributed by atoms with Gasteiger partial charge in [-0.05, 0) is 36.8 Å². The Morgan fingerprint density at radius 2 is 1.72 bits per heavy atom. The number of piperazine rings is 1. The van der Waals surface area contributed by atoms with Gasteiger partial charge in [-0.25, -0.2) is 4.98 Å². The van der Waals surface area contributed by atoms with Crippen LogP contribution in [-0.2, 0) is 0 Å². The summed E-state index contributed by atoms with van der Waals surface area (Å²) in [6.07, 6.45) is 3.46. The molecular weight excluding hydrogens is 364 g/mol. The fraction of sp³-hybridized carbons (Fsp3) is 0.364. The summed E-state index contributed by atoms with van der Waals surface area (Å²) in [5.41, 5.74) is 3.59. The molecule has 0 spiro atoms. The first-order chi connectivity index (χ1) is 14.0. The van der Waals surface area contributed by atoms with Crippen molar-refractivity contribution < 1.29 is 4.79 Å². The minimum atomic E-state index is -0.0708. The number of hydrogen-bond donors (Lipinski definition) is 0. The Labute approximate surface area is 171 Å². The highest BCUT2D eigenvalue weighted by molar-refractivity contribution is 5.92. The predicted octanol–water partition coefficient (Wildman–Crippen LogP) is 2.61. The third-order valence-electron chi connectivity index (χ3n) is 5.52. The van der Waals surface area contributed by atoms with Crippen LogP contribution in [0.15, 0.2) is 48.8 Å². The molecule has 150 valence electrons. The number of carbonyl (C=O) groups excluding carboxylic acids is 1. The lowest BCUT2D eigenvalue weighted by atomic mass is 10.0. The maximum absolute atomic E-state index is 12.2. The predicted molar refractivity (Wildman–Crippen MR) is 114 cm³/mol. The topological polar surface area (TPSA) is 65.5 Å². The summed E-state index contributed by atoms with van der Waals surface area (Å²) in [4.78, 5) is 31.8. The molecule has 1 aliphatic rings. The van der Waals surface area contributed by atoms with E-state index in [-0.39, 0.29) is 5.91 Å². The first kappa shape index (κ1) is 19.3. The van der Waals surface area contributed by atoms with E-state index < -0.39 is 0 Å². The molecular formula is C22H26N6O. The number of amides is 1. The van der Waals surface area contributed by atoms with Gasteiger partial charge >= 0.3 is 0 Å². The lowest BCUT2D eigenvalue weighted by Crippen LogP contribution is -2.47. The summed E-state index contributed by atoms with van der Waals surface area (Å²) < 4.78 is 0. The molecule has 1 saturated heterocycles. The fourth-order valence-electron chi connectivity index (χ4n) is 3.74. The molecule has 1 fully saturated rings. The normalized spacial score (nSPS) is 16.0. The van der Waals surface area contributed by atoms with Crippen LogP contribution in [0.4, 0.5) is 5.82 Å². The molecule has 7 nitrogen and oxygen atoms in total. The molecule has 1 aromatic carbocycles. The zero-order valence-corrected chi connectivity index (χ0v) is 17.1.